The molecule has 0 N–H and O–H groups in total. The van der Waals surface area contributed by atoms with Crippen LogP contribution in [0.3, 0.4) is 0 Å². The van der Waals surface area contributed by atoms with Gasteiger partial charge in [0.25, 0.3) is 0 Å². The van der Waals surface area contributed by atoms with Crippen LogP contribution in [0.4, 0.5) is 0 Å². The van der Waals surface area contributed by atoms with Gasteiger partial charge in [-0.05, 0) is 13.8 Å². The van der Waals surface area contributed by atoms with E-state index in [4.69, 9.17) is 0 Å². The zero-order valence-corrected chi connectivity index (χ0v) is 15.6. The third-order valence-corrected chi connectivity index (χ3v) is 22.9. The van der Waals surface area contributed by atoms with Crippen LogP contribution in [0.15, 0.2) is 48.5 Å². The lowest BCUT2D eigenvalue weighted by Gasteiger charge is -2.39. The van der Waals surface area contributed by atoms with Gasteiger partial charge in [-0.2, -0.15) is 0 Å². The maximum absolute atomic E-state index is 2.55. The van der Waals surface area contributed by atoms with Gasteiger partial charge in [-0.15, -0.1) is 0 Å². The van der Waals surface area contributed by atoms with Gasteiger partial charge in [0.2, 0.25) is 0 Å². The molecular weight excluding hydrogens is 272 g/mol. The van der Waals surface area contributed by atoms with E-state index in [1.54, 1.807) is 10.4 Å². The Labute approximate surface area is 125 Å². The normalized spacial score (nSPS) is 12.5. The molecule has 0 heterocycles. The molecule has 0 aliphatic carbocycles. The molecule has 2 aromatic carbocycles. The van der Waals surface area contributed by atoms with Crippen LogP contribution in [-0.4, -0.2) is 15.2 Å². The maximum Gasteiger partial charge on any atom is 0.0791 e. The average molecular weight is 299 g/mol. The summed E-state index contributed by atoms with van der Waals surface area (Å²) in [7, 11) is -2.90. The first kappa shape index (κ1) is 15.3. The van der Waals surface area contributed by atoms with Gasteiger partial charge >= 0.3 is 0 Å². The predicted molar refractivity (Wildman–Crippen MR) is 96.6 cm³/mol. The highest BCUT2D eigenvalue weighted by Crippen LogP contribution is 2.20. The lowest BCUT2D eigenvalue weighted by atomic mass is 10.2. The molecule has 0 nitrogen and oxygen atoms in total. The Hall–Kier alpha value is -1.13. The fourth-order valence-corrected chi connectivity index (χ4v) is 11.4. The number of hydrogen-bond acceptors (Lipinski definition) is 0. The van der Waals surface area contributed by atoms with Crippen molar-refractivity contribution in [3.05, 3.63) is 59.7 Å². The van der Waals surface area contributed by atoms with Gasteiger partial charge in [0, 0.05) is 0 Å². The number of benzene rings is 2. The summed E-state index contributed by atoms with van der Waals surface area (Å²) in [4.78, 5) is 0. The fourth-order valence-electron chi connectivity index (χ4n) is 2.66. The molecule has 0 saturated heterocycles. The molecule has 0 aliphatic rings. The van der Waals surface area contributed by atoms with E-state index in [0.29, 0.717) is 0 Å². The zero-order valence-electron chi connectivity index (χ0n) is 13.6. The summed E-state index contributed by atoms with van der Waals surface area (Å²) in [5.41, 5.74) is 2.71. The van der Waals surface area contributed by atoms with Gasteiger partial charge in [-0.25, -0.2) is 0 Å². The molecule has 0 aliphatic heterocycles. The molecule has 0 saturated carbocycles. The molecule has 2 heteroatoms. The SMILES string of the molecule is Cc1ccc([Si](C)(C)[Si](C)(C)c2ccc(C)cc2)cc1. The van der Waals surface area contributed by atoms with Gasteiger partial charge in [0.1, 0.15) is 0 Å². The molecule has 0 amide bonds. The van der Waals surface area contributed by atoms with E-state index in [-0.39, 0.29) is 0 Å². The van der Waals surface area contributed by atoms with Crippen molar-refractivity contribution in [1.82, 2.24) is 0 Å². The van der Waals surface area contributed by atoms with Crippen molar-refractivity contribution in [3.63, 3.8) is 0 Å². The molecule has 0 aromatic heterocycles. The summed E-state index contributed by atoms with van der Waals surface area (Å²) in [6.07, 6.45) is 0. The molecule has 0 fully saturated rings. The smallest absolute Gasteiger partial charge is 0.0671 e. The molecule has 20 heavy (non-hydrogen) atoms. The Kier molecular flexibility index (Phi) is 4.08. The van der Waals surface area contributed by atoms with Gasteiger partial charge in [-0.1, -0.05) is 96.2 Å². The summed E-state index contributed by atoms with van der Waals surface area (Å²) >= 11 is 0. The Morgan fingerprint density at radius 2 is 0.750 bits per heavy atom. The fraction of sp³-hybridized carbons (Fsp3) is 0.333. The highest BCUT2D eigenvalue weighted by atomic mass is 29.3. The number of aryl methyl sites for hydroxylation is 2. The average Bonchev–Trinajstić information content (AvgIpc) is 2.39. The highest BCUT2D eigenvalue weighted by molar-refractivity contribution is 7.49. The quantitative estimate of drug-likeness (QED) is 0.754. The van der Waals surface area contributed by atoms with Crippen LogP contribution >= 0.6 is 0 Å². The van der Waals surface area contributed by atoms with Gasteiger partial charge in [0.05, 0.1) is 15.2 Å². The molecule has 0 atom stereocenters. The van der Waals surface area contributed by atoms with Crippen molar-refractivity contribution in [2.24, 2.45) is 0 Å². The molecule has 0 bridgehead atoms. The van der Waals surface area contributed by atoms with E-state index in [9.17, 15) is 0 Å². The van der Waals surface area contributed by atoms with E-state index in [2.05, 4.69) is 88.6 Å². The summed E-state index contributed by atoms with van der Waals surface area (Å²) in [6.45, 7) is 14.5. The minimum atomic E-state index is -1.45. The van der Waals surface area contributed by atoms with Gasteiger partial charge < -0.3 is 0 Å². The van der Waals surface area contributed by atoms with Crippen LogP contribution in [0.5, 0.6) is 0 Å². The molecule has 2 rings (SSSR count). The summed E-state index contributed by atoms with van der Waals surface area (Å²) < 4.78 is 0. The second-order valence-electron chi connectivity index (χ2n) is 6.98. The predicted octanol–water partition coefficient (Wildman–Crippen LogP) is 3.91. The minimum absolute atomic E-state index is 1.35. The molecule has 0 radical (unpaired) electrons. The molecule has 0 spiro atoms. The first-order valence-electron chi connectivity index (χ1n) is 7.39. The van der Waals surface area contributed by atoms with Crippen molar-refractivity contribution in [1.29, 1.82) is 0 Å². The largest absolute Gasteiger partial charge is 0.0791 e. The first-order valence-corrected chi connectivity index (χ1v) is 14.4. The third-order valence-electron chi connectivity index (χ3n) is 5.11. The van der Waals surface area contributed by atoms with Crippen LogP contribution in [0.2, 0.25) is 26.2 Å². The van der Waals surface area contributed by atoms with E-state index in [1.165, 1.54) is 11.1 Å². The molecular formula is C18H26Si2. The minimum Gasteiger partial charge on any atom is -0.0671 e. The standard InChI is InChI=1S/C18H26Si2/c1-15-7-11-17(12-8-15)19(3,4)20(5,6)18-13-9-16(2)10-14-18/h7-14H,1-6H3. The Bertz CT molecular complexity index is 522. The van der Waals surface area contributed by atoms with Gasteiger partial charge in [-0.3, -0.25) is 0 Å². The monoisotopic (exact) mass is 298 g/mol. The zero-order chi connectivity index (χ0) is 15.0. The second-order valence-corrected chi connectivity index (χ2v) is 22.1. The van der Waals surface area contributed by atoms with E-state index in [0.717, 1.165) is 0 Å². The first-order chi connectivity index (χ1) is 9.25. The van der Waals surface area contributed by atoms with Crippen molar-refractivity contribution < 1.29 is 0 Å². The van der Waals surface area contributed by atoms with Crippen LogP contribution in [0, 0.1) is 13.8 Å². The Morgan fingerprint density at radius 3 is 1.00 bits per heavy atom. The Balaban J connectivity index is 2.45. The summed E-state index contributed by atoms with van der Waals surface area (Å²) in [6, 6.07) is 18.5. The topological polar surface area (TPSA) is 0 Å². The van der Waals surface area contributed by atoms with Crippen molar-refractivity contribution >= 4 is 25.6 Å². The summed E-state index contributed by atoms with van der Waals surface area (Å²) in [5, 5.41) is 3.20. The van der Waals surface area contributed by atoms with E-state index >= 15 is 0 Å². The summed E-state index contributed by atoms with van der Waals surface area (Å²) in [5.74, 6) is 0. The maximum atomic E-state index is 2.55. The van der Waals surface area contributed by atoms with Crippen LogP contribution < -0.4 is 10.4 Å². The van der Waals surface area contributed by atoms with Crippen LogP contribution in [-0.2, 0) is 0 Å². The molecule has 106 valence electrons. The van der Waals surface area contributed by atoms with E-state index < -0.39 is 15.2 Å². The molecule has 2 aromatic rings. The number of rotatable bonds is 3. The van der Waals surface area contributed by atoms with E-state index in [1.807, 2.05) is 0 Å². The lowest BCUT2D eigenvalue weighted by molar-refractivity contribution is 1.48. The van der Waals surface area contributed by atoms with Gasteiger partial charge in [0.15, 0.2) is 0 Å². The number of hydrogen-bond donors (Lipinski definition) is 0. The van der Waals surface area contributed by atoms with Crippen molar-refractivity contribution in [3.8, 4) is 0 Å². The van der Waals surface area contributed by atoms with Crippen LogP contribution in [0.1, 0.15) is 11.1 Å². The van der Waals surface area contributed by atoms with Crippen molar-refractivity contribution in [2.75, 3.05) is 0 Å². The lowest BCUT2D eigenvalue weighted by Crippen LogP contribution is -2.69. The second kappa shape index (κ2) is 5.34. The molecule has 0 unspecified atom stereocenters. The van der Waals surface area contributed by atoms with Crippen LogP contribution in [0.25, 0.3) is 0 Å². The third kappa shape index (κ3) is 2.67. The highest BCUT2D eigenvalue weighted by Gasteiger charge is 2.43. The van der Waals surface area contributed by atoms with Crippen molar-refractivity contribution in [2.45, 2.75) is 40.0 Å². The Morgan fingerprint density at radius 1 is 0.500 bits per heavy atom.